The summed E-state index contributed by atoms with van der Waals surface area (Å²) in [6.07, 6.45) is 6.05. The Morgan fingerprint density at radius 3 is 2.69 bits per heavy atom. The highest BCUT2D eigenvalue weighted by Gasteiger charge is 2.74. The van der Waals surface area contributed by atoms with E-state index in [2.05, 4.69) is 22.7 Å². The lowest BCUT2D eigenvalue weighted by molar-refractivity contribution is -0.222. The van der Waals surface area contributed by atoms with Gasteiger partial charge in [0.1, 0.15) is 11.3 Å². The molecule has 2 heterocycles. The number of carbonyl (C=O) groups is 1. The van der Waals surface area contributed by atoms with Crippen molar-refractivity contribution >= 4 is 23.8 Å². The third-order valence-electron chi connectivity index (χ3n) is 10.0. The molecule has 6 rings (SSSR count). The van der Waals surface area contributed by atoms with Crippen molar-refractivity contribution in [1.82, 2.24) is 14.8 Å². The maximum absolute atomic E-state index is 17.5. The van der Waals surface area contributed by atoms with Crippen LogP contribution in [0, 0.1) is 28.6 Å². The minimum atomic E-state index is -1.91. The van der Waals surface area contributed by atoms with Crippen LogP contribution in [-0.2, 0) is 11.2 Å². The van der Waals surface area contributed by atoms with Gasteiger partial charge in [-0.3, -0.25) is 4.79 Å². The molecule has 0 unspecified atom stereocenters. The fourth-order valence-corrected chi connectivity index (χ4v) is 8.48. The van der Waals surface area contributed by atoms with Gasteiger partial charge >= 0.3 is 0 Å². The number of hydrogen-bond donors (Lipinski definition) is 3. The smallest absolute Gasteiger partial charge is 0.218 e. The lowest BCUT2D eigenvalue weighted by atomic mass is 9.44. The molecule has 6 nitrogen and oxygen atoms in total. The Morgan fingerprint density at radius 1 is 1.23 bits per heavy atom. The molecule has 0 saturated heterocycles. The van der Waals surface area contributed by atoms with Gasteiger partial charge in [0.25, 0.3) is 0 Å². The quantitative estimate of drug-likeness (QED) is 0.430. The summed E-state index contributed by atoms with van der Waals surface area (Å²) < 4.78 is 32.5. The number of fused-ring (bicyclic) bond motifs is 6. The van der Waals surface area contributed by atoms with Gasteiger partial charge in [-0.1, -0.05) is 19.4 Å². The normalized spacial score (nSPS) is 41.9. The molecule has 7 atom stereocenters. The number of aliphatic hydroxyl groups is 2. The second-order valence-electron chi connectivity index (χ2n) is 11.3. The Labute approximate surface area is 207 Å². The summed E-state index contributed by atoms with van der Waals surface area (Å²) in [6.45, 7) is 3.70. The van der Waals surface area contributed by atoms with Gasteiger partial charge in [0, 0.05) is 16.7 Å². The first-order chi connectivity index (χ1) is 16.5. The summed E-state index contributed by atoms with van der Waals surface area (Å²) in [6, 6.07) is 2.88. The van der Waals surface area contributed by atoms with Gasteiger partial charge in [0.2, 0.25) is 11.1 Å². The molecule has 35 heavy (non-hydrogen) atoms. The van der Waals surface area contributed by atoms with E-state index < -0.39 is 45.2 Å². The molecular weight excluding hydrogens is 472 g/mol. The lowest BCUT2D eigenvalue weighted by Crippen LogP contribution is -2.69. The first kappa shape index (κ1) is 23.3. The largest absolute Gasteiger partial charge is 0.390 e. The predicted octanol–water partition coefficient (Wildman–Crippen LogP) is 3.84. The van der Waals surface area contributed by atoms with Crippen molar-refractivity contribution in [3.8, 4) is 5.69 Å². The molecule has 0 aromatic carbocycles. The van der Waals surface area contributed by atoms with Gasteiger partial charge in [0.15, 0.2) is 0 Å². The molecular formula is C26H29F2N3O3S. The summed E-state index contributed by atoms with van der Waals surface area (Å²) >= 11 is 3.97. The number of halogens is 2. The van der Waals surface area contributed by atoms with Crippen molar-refractivity contribution in [2.24, 2.45) is 22.7 Å². The molecule has 2 N–H and O–H groups in total. The second kappa shape index (κ2) is 7.23. The molecule has 3 fully saturated rings. The fraction of sp³-hybridized carbons (Fsp3) is 0.577. The second-order valence-corrected chi connectivity index (χ2v) is 11.8. The summed E-state index contributed by atoms with van der Waals surface area (Å²) in [5.41, 5.74) is -2.25. The van der Waals surface area contributed by atoms with Crippen LogP contribution in [0.1, 0.15) is 57.2 Å². The molecule has 0 amide bonds. The van der Waals surface area contributed by atoms with Crippen molar-refractivity contribution in [1.29, 1.82) is 0 Å². The number of pyridine rings is 1. The van der Waals surface area contributed by atoms with E-state index in [-0.39, 0.29) is 18.8 Å². The Bertz CT molecular complexity index is 1270. The molecule has 4 aliphatic carbocycles. The molecule has 0 bridgehead atoms. The van der Waals surface area contributed by atoms with Crippen LogP contribution in [0.2, 0.25) is 0 Å². The molecule has 2 aromatic rings. The van der Waals surface area contributed by atoms with E-state index in [1.807, 2.05) is 19.9 Å². The van der Waals surface area contributed by atoms with Crippen molar-refractivity contribution in [3.63, 3.8) is 0 Å². The maximum Gasteiger partial charge on any atom is 0.218 e. The number of rotatable bonds is 2. The van der Waals surface area contributed by atoms with E-state index in [0.29, 0.717) is 31.4 Å². The third-order valence-corrected chi connectivity index (χ3v) is 10.4. The molecule has 0 radical (unpaired) electrons. The van der Waals surface area contributed by atoms with Crippen molar-refractivity contribution < 1.29 is 23.8 Å². The Hall–Kier alpha value is -2.10. The van der Waals surface area contributed by atoms with E-state index in [1.54, 1.807) is 16.9 Å². The van der Waals surface area contributed by atoms with E-state index in [1.165, 1.54) is 12.3 Å². The molecule has 186 valence electrons. The summed E-state index contributed by atoms with van der Waals surface area (Å²) in [4.78, 5) is 16.1. The van der Waals surface area contributed by atoms with Gasteiger partial charge in [-0.25, -0.2) is 14.1 Å². The van der Waals surface area contributed by atoms with Gasteiger partial charge < -0.3 is 10.2 Å². The SMILES string of the molecule is C[C@]12Cc3cnn(-c4ccc(F)nc4)c3C=C1CC[C@H]1[C@@H]3CC[C@](O)(C(=O)S)[C@@]3(C)C[C@H](O)[C@@]12F. The van der Waals surface area contributed by atoms with E-state index in [0.717, 1.165) is 16.8 Å². The highest BCUT2D eigenvalue weighted by Crippen LogP contribution is 2.70. The number of aliphatic hydroxyl groups excluding tert-OH is 1. The topological polar surface area (TPSA) is 88.2 Å². The average Bonchev–Trinajstić information content (AvgIpc) is 3.32. The highest BCUT2D eigenvalue weighted by molar-refractivity contribution is 7.96. The van der Waals surface area contributed by atoms with E-state index in [9.17, 15) is 19.4 Å². The van der Waals surface area contributed by atoms with Gasteiger partial charge in [-0.2, -0.15) is 9.49 Å². The molecule has 3 saturated carbocycles. The van der Waals surface area contributed by atoms with Crippen molar-refractivity contribution in [2.45, 2.75) is 69.7 Å². The van der Waals surface area contributed by atoms with Crippen molar-refractivity contribution in [3.05, 3.63) is 47.3 Å². The van der Waals surface area contributed by atoms with E-state index >= 15 is 4.39 Å². The zero-order valence-electron chi connectivity index (χ0n) is 19.7. The van der Waals surface area contributed by atoms with Crippen LogP contribution < -0.4 is 0 Å². The van der Waals surface area contributed by atoms with Crippen LogP contribution >= 0.6 is 12.6 Å². The number of thiol groups is 1. The molecule has 9 heteroatoms. The molecule has 0 spiro atoms. The van der Waals surface area contributed by atoms with Crippen molar-refractivity contribution in [2.75, 3.05) is 0 Å². The molecule has 4 aliphatic rings. The number of aromatic nitrogens is 3. The number of carbonyl (C=O) groups excluding carboxylic acids is 1. The maximum atomic E-state index is 17.5. The zero-order chi connectivity index (χ0) is 25.0. The number of nitrogens with zero attached hydrogens (tertiary/aromatic N) is 3. The monoisotopic (exact) mass is 501 g/mol. The highest BCUT2D eigenvalue weighted by atomic mass is 32.1. The average molecular weight is 502 g/mol. The van der Waals surface area contributed by atoms with Crippen LogP contribution in [0.4, 0.5) is 8.78 Å². The van der Waals surface area contributed by atoms with E-state index in [4.69, 9.17) is 0 Å². The molecule has 0 aliphatic heterocycles. The Kier molecular flexibility index (Phi) is 4.82. The van der Waals surface area contributed by atoms with Crippen LogP contribution in [0.5, 0.6) is 0 Å². The first-order valence-electron chi connectivity index (χ1n) is 12.2. The predicted molar refractivity (Wildman–Crippen MR) is 128 cm³/mol. The number of alkyl halides is 1. The fourth-order valence-electron chi connectivity index (χ4n) is 8.11. The van der Waals surface area contributed by atoms with Crippen LogP contribution in [0.3, 0.4) is 0 Å². The third kappa shape index (κ3) is 2.75. The van der Waals surface area contributed by atoms with Crippen LogP contribution in [-0.4, -0.2) is 47.5 Å². The minimum absolute atomic E-state index is 0.00368. The summed E-state index contributed by atoms with van der Waals surface area (Å²) in [5, 5.41) is 26.6. The zero-order valence-corrected chi connectivity index (χ0v) is 20.6. The van der Waals surface area contributed by atoms with Gasteiger partial charge in [-0.15, -0.1) is 12.6 Å². The first-order valence-corrected chi connectivity index (χ1v) is 12.6. The van der Waals surface area contributed by atoms with Gasteiger partial charge in [-0.05, 0) is 68.2 Å². The Morgan fingerprint density at radius 2 is 2.00 bits per heavy atom. The van der Waals surface area contributed by atoms with Crippen LogP contribution in [0.15, 0.2) is 30.1 Å². The summed E-state index contributed by atoms with van der Waals surface area (Å²) in [7, 11) is 0. The number of hydrogen-bond acceptors (Lipinski definition) is 5. The van der Waals surface area contributed by atoms with Gasteiger partial charge in [0.05, 0.1) is 29.9 Å². The number of allylic oxidation sites excluding steroid dienone is 1. The minimum Gasteiger partial charge on any atom is -0.390 e. The van der Waals surface area contributed by atoms with Crippen LogP contribution in [0.25, 0.3) is 11.8 Å². The summed E-state index contributed by atoms with van der Waals surface area (Å²) in [5.74, 6) is -1.29. The Balaban J connectivity index is 1.42. The molecule has 2 aromatic heterocycles. The lowest BCUT2D eigenvalue weighted by Gasteiger charge is -2.63. The standard InChI is InChI=1S/C26H29F2N3O3S/c1-23-10-14-12-30-31(16-4-6-21(27)29-13-16)19(14)9-15(23)3-5-18-17-7-8-25(34,22(33)35)24(17,2)11-20(32)26(18,23)28/h4,6,9,12-13,17-18,20,32,34H,3,5,7-8,10-11H2,1-2H3,(H,33,35)/t17-,18-,20-,23-,24-,25-,26-/m0/s1.